The maximum atomic E-state index is 11.2. The van der Waals surface area contributed by atoms with Gasteiger partial charge in [-0.3, -0.25) is 4.79 Å². The predicted octanol–water partition coefficient (Wildman–Crippen LogP) is 1.40. The Morgan fingerprint density at radius 2 is 2.28 bits per heavy atom. The normalized spacial score (nSPS) is 41.4. The maximum Gasteiger partial charge on any atom is 0.249 e. The molecule has 6 nitrogen and oxygen atoms in total. The molecule has 1 spiro atoms. The zero-order valence-corrected chi connectivity index (χ0v) is 14.6. The van der Waals surface area contributed by atoms with E-state index in [0.29, 0.717) is 17.7 Å². The van der Waals surface area contributed by atoms with Gasteiger partial charge in [-0.25, -0.2) is 0 Å². The van der Waals surface area contributed by atoms with Crippen LogP contribution >= 0.6 is 0 Å². The molecule has 2 heterocycles. The Kier molecular flexibility index (Phi) is 3.16. The van der Waals surface area contributed by atoms with Crippen molar-refractivity contribution in [2.75, 3.05) is 13.6 Å². The number of hydrogen-bond donors (Lipinski definition) is 2. The second kappa shape index (κ2) is 5.11. The average molecular weight is 344 g/mol. The van der Waals surface area contributed by atoms with Crippen molar-refractivity contribution in [3.05, 3.63) is 34.8 Å². The van der Waals surface area contributed by atoms with E-state index in [1.54, 1.807) is 0 Å². The van der Waals surface area contributed by atoms with Gasteiger partial charge in [0.2, 0.25) is 5.91 Å². The van der Waals surface area contributed by atoms with Gasteiger partial charge in [0, 0.05) is 36.3 Å². The number of hydroxylamine groups is 1. The van der Waals surface area contributed by atoms with Crippen LogP contribution in [0.1, 0.15) is 32.6 Å². The Morgan fingerprint density at radius 1 is 1.44 bits per heavy atom. The van der Waals surface area contributed by atoms with Crippen LogP contribution in [0.25, 0.3) is 0 Å². The van der Waals surface area contributed by atoms with E-state index in [2.05, 4.69) is 23.5 Å². The molecule has 0 aromatic rings. The lowest BCUT2D eigenvalue weighted by Crippen LogP contribution is -2.61. The van der Waals surface area contributed by atoms with Crippen LogP contribution in [0.3, 0.4) is 0 Å². The zero-order chi connectivity index (χ0) is 17.3. The Hall–Kier alpha value is -1.79. The lowest BCUT2D eigenvalue weighted by Gasteiger charge is -2.56. The number of nitrogens with zero attached hydrogens (tertiary/aromatic N) is 1. The van der Waals surface area contributed by atoms with Crippen LogP contribution in [0, 0.1) is 11.3 Å². The molecule has 3 aliphatic carbocycles. The van der Waals surface area contributed by atoms with Crippen molar-refractivity contribution in [2.45, 2.75) is 50.9 Å². The van der Waals surface area contributed by atoms with Crippen molar-refractivity contribution < 1.29 is 19.5 Å². The first kappa shape index (κ1) is 15.5. The minimum atomic E-state index is -0.604. The number of carbonyl (C=O) groups is 1. The van der Waals surface area contributed by atoms with Gasteiger partial charge in [0.05, 0.1) is 0 Å². The topological polar surface area (TPSA) is 71.0 Å². The van der Waals surface area contributed by atoms with Crippen molar-refractivity contribution >= 4 is 5.91 Å². The smallest absolute Gasteiger partial charge is 0.249 e. The highest BCUT2D eigenvalue weighted by Gasteiger charge is 2.66. The lowest BCUT2D eigenvalue weighted by molar-refractivity contribution is -0.128. The van der Waals surface area contributed by atoms with Crippen molar-refractivity contribution in [1.29, 1.82) is 0 Å². The molecule has 5 aliphatic rings. The molecule has 25 heavy (non-hydrogen) atoms. The second-order valence-corrected chi connectivity index (χ2v) is 7.97. The van der Waals surface area contributed by atoms with E-state index in [-0.39, 0.29) is 17.4 Å². The van der Waals surface area contributed by atoms with Gasteiger partial charge in [0.1, 0.15) is 12.2 Å². The highest BCUT2D eigenvalue weighted by Crippen LogP contribution is 2.65. The fourth-order valence-corrected chi connectivity index (χ4v) is 5.76. The number of ether oxygens (including phenoxy) is 1. The summed E-state index contributed by atoms with van der Waals surface area (Å²) in [7, 11) is 2.21. The van der Waals surface area contributed by atoms with Gasteiger partial charge in [-0.05, 0) is 32.9 Å². The summed E-state index contributed by atoms with van der Waals surface area (Å²) >= 11 is 0. The molecule has 2 saturated heterocycles. The molecule has 0 unspecified atom stereocenters. The monoisotopic (exact) mass is 344 g/mol. The van der Waals surface area contributed by atoms with Crippen molar-refractivity contribution in [3.63, 3.8) is 0 Å². The van der Waals surface area contributed by atoms with Gasteiger partial charge < -0.3 is 19.6 Å². The molecule has 0 saturated carbocycles. The Balaban J connectivity index is 1.66. The quantitative estimate of drug-likeness (QED) is 0.585. The number of aliphatic hydroxyl groups excluding tert-OH is 1. The molecule has 1 amide bonds. The first-order chi connectivity index (χ1) is 12.0. The summed E-state index contributed by atoms with van der Waals surface area (Å²) in [6, 6.07) is 0.472. The summed E-state index contributed by atoms with van der Waals surface area (Å²) in [5.74, 6) is 1.59. The van der Waals surface area contributed by atoms with Crippen LogP contribution < -0.4 is 5.48 Å². The number of allylic oxidation sites excluding steroid dienone is 2. The lowest BCUT2D eigenvalue weighted by atomic mass is 9.52. The standard InChI is InChI=1S/C19H24N2O4/c1-10(22)20-25-15-6-3-11-9-13-12-4-5-14(23)18-19(12,7-8-21(13)2)16(11)17(15)24-18/h4-5,12-14,18,23H,3,6-9H2,1-2H3,(H,20,22)/t12-,13+,14-,18-,19-/m0/s1. The van der Waals surface area contributed by atoms with E-state index >= 15 is 0 Å². The highest BCUT2D eigenvalue weighted by molar-refractivity contribution is 5.71. The SMILES string of the molecule is CC(=O)NOC1=C2O[C@H]3[C@@H](O)C=C[C@H]4[C@H]5CC(=C2[C@]43CCN5C)CC1. The van der Waals surface area contributed by atoms with Gasteiger partial charge in [0.25, 0.3) is 0 Å². The van der Waals surface area contributed by atoms with Gasteiger partial charge >= 0.3 is 0 Å². The molecule has 0 aromatic carbocycles. The van der Waals surface area contributed by atoms with E-state index < -0.39 is 6.10 Å². The van der Waals surface area contributed by atoms with Crippen LogP contribution in [0.4, 0.5) is 0 Å². The molecule has 6 heteroatoms. The predicted molar refractivity (Wildman–Crippen MR) is 89.8 cm³/mol. The van der Waals surface area contributed by atoms with Gasteiger partial charge in [-0.1, -0.05) is 17.7 Å². The average Bonchev–Trinajstić information content (AvgIpc) is 2.94. The maximum absolute atomic E-state index is 11.2. The third kappa shape index (κ3) is 1.89. The first-order valence-electron chi connectivity index (χ1n) is 9.15. The van der Waals surface area contributed by atoms with Gasteiger partial charge in [-0.2, -0.15) is 5.48 Å². The van der Waals surface area contributed by atoms with Gasteiger partial charge in [-0.15, -0.1) is 0 Å². The fourth-order valence-electron chi connectivity index (χ4n) is 5.76. The molecular weight excluding hydrogens is 320 g/mol. The molecular formula is C19H24N2O4. The molecule has 0 aromatic heterocycles. The largest absolute Gasteiger partial charge is 0.482 e. The number of likely N-dealkylation sites (tertiary alicyclic amines) is 1. The summed E-state index contributed by atoms with van der Waals surface area (Å²) in [5.41, 5.74) is 5.00. The second-order valence-electron chi connectivity index (χ2n) is 7.97. The number of nitrogens with one attached hydrogen (secondary N) is 1. The third-order valence-electron chi connectivity index (χ3n) is 6.76. The summed E-state index contributed by atoms with van der Waals surface area (Å²) in [5, 5.41) is 10.7. The van der Waals surface area contributed by atoms with E-state index in [9.17, 15) is 9.90 Å². The number of hydrogen-bond acceptors (Lipinski definition) is 5. The molecule has 2 aliphatic heterocycles. The fraction of sp³-hybridized carbons (Fsp3) is 0.632. The van der Waals surface area contributed by atoms with Crippen molar-refractivity contribution in [2.24, 2.45) is 11.3 Å². The van der Waals surface area contributed by atoms with Crippen molar-refractivity contribution in [3.8, 4) is 0 Å². The van der Waals surface area contributed by atoms with Crippen LogP contribution in [0.2, 0.25) is 0 Å². The molecule has 2 N–H and O–H groups in total. The first-order valence-corrected chi connectivity index (χ1v) is 9.15. The molecule has 2 bridgehead atoms. The van der Waals surface area contributed by atoms with Crippen molar-refractivity contribution in [1.82, 2.24) is 10.4 Å². The zero-order valence-electron chi connectivity index (χ0n) is 14.6. The number of aliphatic hydroxyl groups is 1. The Morgan fingerprint density at radius 3 is 3.08 bits per heavy atom. The van der Waals surface area contributed by atoms with Gasteiger partial charge in [0.15, 0.2) is 11.5 Å². The minimum Gasteiger partial charge on any atom is -0.482 e. The number of amides is 1. The Bertz CT molecular complexity index is 740. The third-order valence-corrected chi connectivity index (χ3v) is 6.76. The van der Waals surface area contributed by atoms with E-state index in [4.69, 9.17) is 9.57 Å². The number of piperidine rings is 1. The molecule has 2 fully saturated rings. The van der Waals surface area contributed by atoms with E-state index in [0.717, 1.165) is 38.0 Å². The number of rotatable bonds is 2. The highest BCUT2D eigenvalue weighted by atomic mass is 16.7. The van der Waals surface area contributed by atoms with Crippen LogP contribution in [0.5, 0.6) is 0 Å². The summed E-state index contributed by atoms with van der Waals surface area (Å²) < 4.78 is 6.34. The van der Waals surface area contributed by atoms with Crippen LogP contribution in [-0.4, -0.2) is 47.8 Å². The molecule has 5 atom stereocenters. The molecule has 0 radical (unpaired) electrons. The molecule has 134 valence electrons. The summed E-state index contributed by atoms with van der Waals surface area (Å²) in [6.45, 7) is 2.44. The van der Waals surface area contributed by atoms with Crippen LogP contribution in [-0.2, 0) is 14.4 Å². The van der Waals surface area contributed by atoms with E-state index in [1.165, 1.54) is 18.1 Å². The summed E-state index contributed by atoms with van der Waals surface area (Å²) in [6.07, 6.45) is 6.93. The Labute approximate surface area is 147 Å². The van der Waals surface area contributed by atoms with Crippen LogP contribution in [0.15, 0.2) is 34.8 Å². The summed E-state index contributed by atoms with van der Waals surface area (Å²) in [4.78, 5) is 19.3. The minimum absolute atomic E-state index is 0.153. The number of carbonyl (C=O) groups excluding carboxylic acids is 1. The molecule has 5 rings (SSSR count). The van der Waals surface area contributed by atoms with E-state index in [1.807, 2.05) is 6.08 Å².